The molecule has 0 radical (unpaired) electrons. The summed E-state index contributed by atoms with van der Waals surface area (Å²) < 4.78 is 5.82. The van der Waals surface area contributed by atoms with E-state index >= 15 is 0 Å². The number of para-hydroxylation sites is 1. The third kappa shape index (κ3) is 5.21. The van der Waals surface area contributed by atoms with Crippen LogP contribution in [0.5, 0.6) is 0 Å². The van der Waals surface area contributed by atoms with Crippen molar-refractivity contribution in [1.82, 2.24) is 10.6 Å². The quantitative estimate of drug-likeness (QED) is 0.494. The number of furan rings is 1. The molecule has 0 bridgehead atoms. The fourth-order valence-corrected chi connectivity index (χ4v) is 3.35. The van der Waals surface area contributed by atoms with Gasteiger partial charge in [0, 0.05) is 17.6 Å². The molecule has 3 rings (SSSR count). The van der Waals surface area contributed by atoms with Gasteiger partial charge in [-0.2, -0.15) is 0 Å². The van der Waals surface area contributed by atoms with E-state index < -0.39 is 0 Å². The molecule has 8 heteroatoms. The summed E-state index contributed by atoms with van der Waals surface area (Å²) in [7, 11) is 1.54. The van der Waals surface area contributed by atoms with E-state index in [2.05, 4.69) is 16.0 Å². The summed E-state index contributed by atoms with van der Waals surface area (Å²) in [6.07, 6.45) is 0. The molecule has 0 fully saturated rings. The first-order valence-corrected chi connectivity index (χ1v) is 10.0. The summed E-state index contributed by atoms with van der Waals surface area (Å²) in [6.45, 7) is 2.28. The summed E-state index contributed by atoms with van der Waals surface area (Å²) in [4.78, 5) is 24.1. The standard InChI is InChI=1S/C22H21Cl2N3O3/c1-13-9-18(24)16(10-17(13)23)20-8-7-14(30-20)11-26-12-21(28)27-19-6-4-3-5-15(19)22(29)25-2/h3-10,26H,11-12H2,1-2H3,(H,25,29)(H,27,28). The van der Waals surface area contributed by atoms with E-state index in [1.165, 1.54) is 7.05 Å². The third-order valence-electron chi connectivity index (χ3n) is 4.43. The predicted octanol–water partition coefficient (Wildman–Crippen LogP) is 4.65. The second-order valence-corrected chi connectivity index (χ2v) is 7.44. The monoisotopic (exact) mass is 445 g/mol. The molecule has 30 heavy (non-hydrogen) atoms. The molecule has 0 atom stereocenters. The molecule has 0 aliphatic rings. The molecule has 3 N–H and O–H groups in total. The number of halogens is 2. The average molecular weight is 446 g/mol. The molecule has 2 amide bonds. The maximum atomic E-state index is 12.2. The van der Waals surface area contributed by atoms with Crippen LogP contribution in [0.15, 0.2) is 52.9 Å². The van der Waals surface area contributed by atoms with Crippen LogP contribution < -0.4 is 16.0 Å². The zero-order valence-electron chi connectivity index (χ0n) is 16.5. The molecule has 0 saturated carbocycles. The number of carbonyl (C=O) groups is 2. The van der Waals surface area contributed by atoms with Gasteiger partial charge < -0.3 is 20.4 Å². The van der Waals surface area contributed by atoms with E-state index in [0.29, 0.717) is 44.9 Å². The lowest BCUT2D eigenvalue weighted by molar-refractivity contribution is -0.115. The Morgan fingerprint density at radius 3 is 2.57 bits per heavy atom. The summed E-state index contributed by atoms with van der Waals surface area (Å²) in [6, 6.07) is 14.0. The Morgan fingerprint density at radius 2 is 1.80 bits per heavy atom. The summed E-state index contributed by atoms with van der Waals surface area (Å²) in [5.41, 5.74) is 2.46. The molecule has 6 nitrogen and oxygen atoms in total. The number of hydrogen-bond donors (Lipinski definition) is 3. The van der Waals surface area contributed by atoms with Gasteiger partial charge in [0.25, 0.3) is 5.91 Å². The number of amides is 2. The molecule has 0 spiro atoms. The Hall–Kier alpha value is -2.80. The molecule has 0 aliphatic heterocycles. The summed E-state index contributed by atoms with van der Waals surface area (Å²) in [5.74, 6) is 0.710. The maximum absolute atomic E-state index is 12.2. The highest BCUT2D eigenvalue weighted by Crippen LogP contribution is 2.33. The van der Waals surface area contributed by atoms with Gasteiger partial charge in [0.15, 0.2) is 0 Å². The van der Waals surface area contributed by atoms with E-state index in [4.69, 9.17) is 27.6 Å². The number of aryl methyl sites for hydroxylation is 1. The van der Waals surface area contributed by atoms with Gasteiger partial charge in [-0.05, 0) is 48.9 Å². The van der Waals surface area contributed by atoms with Gasteiger partial charge in [-0.1, -0.05) is 35.3 Å². The number of carbonyl (C=O) groups excluding carboxylic acids is 2. The zero-order chi connectivity index (χ0) is 21.7. The summed E-state index contributed by atoms with van der Waals surface area (Å²) in [5, 5.41) is 9.47. The second-order valence-electron chi connectivity index (χ2n) is 6.62. The minimum Gasteiger partial charge on any atom is -0.460 e. The van der Waals surface area contributed by atoms with Crippen LogP contribution in [0.2, 0.25) is 10.0 Å². The topological polar surface area (TPSA) is 83.4 Å². The summed E-state index contributed by atoms with van der Waals surface area (Å²) >= 11 is 12.5. The van der Waals surface area contributed by atoms with Crippen molar-refractivity contribution < 1.29 is 14.0 Å². The van der Waals surface area contributed by atoms with Crippen LogP contribution in [0.3, 0.4) is 0 Å². The molecule has 1 aromatic heterocycles. The molecular formula is C22H21Cl2N3O3. The minimum absolute atomic E-state index is 0.0508. The van der Waals surface area contributed by atoms with Crippen molar-refractivity contribution >= 4 is 40.7 Å². The molecule has 3 aromatic rings. The Bertz CT molecular complexity index is 1080. The average Bonchev–Trinajstić information content (AvgIpc) is 3.19. The lowest BCUT2D eigenvalue weighted by Gasteiger charge is -2.10. The predicted molar refractivity (Wildman–Crippen MR) is 119 cm³/mol. The Labute approximate surface area is 184 Å². The van der Waals surface area contributed by atoms with Crippen molar-refractivity contribution in [2.45, 2.75) is 13.5 Å². The lowest BCUT2D eigenvalue weighted by atomic mass is 10.1. The fraction of sp³-hybridized carbons (Fsp3) is 0.182. The van der Waals surface area contributed by atoms with E-state index in [9.17, 15) is 9.59 Å². The van der Waals surface area contributed by atoms with E-state index in [-0.39, 0.29) is 18.4 Å². The smallest absolute Gasteiger partial charge is 0.253 e. The molecule has 2 aromatic carbocycles. The molecule has 0 saturated heterocycles. The van der Waals surface area contributed by atoms with Crippen LogP contribution in [-0.2, 0) is 11.3 Å². The van der Waals surface area contributed by atoms with Gasteiger partial charge in [0.05, 0.1) is 29.4 Å². The highest BCUT2D eigenvalue weighted by Gasteiger charge is 2.13. The van der Waals surface area contributed by atoms with Gasteiger partial charge in [-0.25, -0.2) is 0 Å². The van der Waals surface area contributed by atoms with E-state index in [1.54, 1.807) is 36.4 Å². The third-order valence-corrected chi connectivity index (χ3v) is 5.15. The number of benzene rings is 2. The Kier molecular flexibility index (Phi) is 7.15. The first kappa shape index (κ1) is 21.9. The van der Waals surface area contributed by atoms with Gasteiger partial charge in [0.2, 0.25) is 5.91 Å². The number of hydrogen-bond acceptors (Lipinski definition) is 4. The number of rotatable bonds is 7. The van der Waals surface area contributed by atoms with Crippen molar-refractivity contribution in [3.63, 3.8) is 0 Å². The van der Waals surface area contributed by atoms with Gasteiger partial charge in [0.1, 0.15) is 11.5 Å². The van der Waals surface area contributed by atoms with Gasteiger partial charge in [-0.15, -0.1) is 0 Å². The van der Waals surface area contributed by atoms with Crippen LogP contribution in [0, 0.1) is 6.92 Å². The number of nitrogens with one attached hydrogen (secondary N) is 3. The molecule has 156 valence electrons. The van der Waals surface area contributed by atoms with Crippen LogP contribution >= 0.6 is 23.2 Å². The molecular weight excluding hydrogens is 425 g/mol. The maximum Gasteiger partial charge on any atom is 0.253 e. The van der Waals surface area contributed by atoms with E-state index in [1.807, 2.05) is 19.1 Å². The van der Waals surface area contributed by atoms with Crippen LogP contribution in [-0.4, -0.2) is 25.4 Å². The fourth-order valence-electron chi connectivity index (χ4n) is 2.87. The Balaban J connectivity index is 1.57. The van der Waals surface area contributed by atoms with Gasteiger partial charge >= 0.3 is 0 Å². The van der Waals surface area contributed by atoms with Crippen LogP contribution in [0.25, 0.3) is 11.3 Å². The Morgan fingerprint density at radius 1 is 1.03 bits per heavy atom. The van der Waals surface area contributed by atoms with Crippen molar-refractivity contribution in [3.05, 3.63) is 75.5 Å². The molecule has 1 heterocycles. The van der Waals surface area contributed by atoms with Gasteiger partial charge in [-0.3, -0.25) is 9.59 Å². The first-order chi connectivity index (χ1) is 14.4. The van der Waals surface area contributed by atoms with Crippen molar-refractivity contribution in [3.8, 4) is 11.3 Å². The highest BCUT2D eigenvalue weighted by molar-refractivity contribution is 6.35. The highest BCUT2D eigenvalue weighted by atomic mass is 35.5. The largest absolute Gasteiger partial charge is 0.460 e. The van der Waals surface area contributed by atoms with Crippen LogP contribution in [0.4, 0.5) is 5.69 Å². The second kappa shape index (κ2) is 9.80. The van der Waals surface area contributed by atoms with E-state index in [0.717, 1.165) is 5.56 Å². The normalized spacial score (nSPS) is 10.7. The molecule has 0 unspecified atom stereocenters. The van der Waals surface area contributed by atoms with Crippen molar-refractivity contribution in [2.75, 3.05) is 18.9 Å². The number of anilines is 1. The van der Waals surface area contributed by atoms with Crippen molar-refractivity contribution in [1.29, 1.82) is 0 Å². The minimum atomic E-state index is -0.272. The van der Waals surface area contributed by atoms with Crippen LogP contribution in [0.1, 0.15) is 21.7 Å². The zero-order valence-corrected chi connectivity index (χ0v) is 18.0. The van der Waals surface area contributed by atoms with Crippen molar-refractivity contribution in [2.24, 2.45) is 0 Å². The lowest BCUT2D eigenvalue weighted by Crippen LogP contribution is -2.29. The first-order valence-electron chi connectivity index (χ1n) is 9.25. The SMILES string of the molecule is CNC(=O)c1ccccc1NC(=O)CNCc1ccc(-c2cc(Cl)c(C)cc2Cl)o1. The molecule has 0 aliphatic carbocycles.